The zero-order valence-electron chi connectivity index (χ0n) is 15.2. The van der Waals surface area contributed by atoms with Crippen LogP contribution in [0.4, 0.5) is 5.69 Å². The topological polar surface area (TPSA) is 54.0 Å². The molecule has 0 aliphatic heterocycles. The van der Waals surface area contributed by atoms with Crippen molar-refractivity contribution in [1.29, 1.82) is 0 Å². The van der Waals surface area contributed by atoms with E-state index >= 15 is 0 Å². The van der Waals surface area contributed by atoms with Crippen molar-refractivity contribution in [2.75, 3.05) is 18.9 Å². The van der Waals surface area contributed by atoms with Crippen molar-refractivity contribution in [3.05, 3.63) is 34.4 Å². The third-order valence-corrected chi connectivity index (χ3v) is 6.22. The average molecular weight is 416 g/mol. The first-order chi connectivity index (χ1) is 12.7. The van der Waals surface area contributed by atoms with Gasteiger partial charge in [-0.2, -0.15) is 0 Å². The van der Waals surface area contributed by atoms with Crippen LogP contribution in [0.15, 0.2) is 28.9 Å². The predicted octanol–water partition coefficient (Wildman–Crippen LogP) is 4.78. The first kappa shape index (κ1) is 17.9. The van der Waals surface area contributed by atoms with Gasteiger partial charge in [-0.25, -0.2) is 0 Å². The number of hydrogen-bond donors (Lipinski definition) is 2. The van der Waals surface area contributed by atoms with Crippen LogP contribution in [0, 0.1) is 11.8 Å². The lowest BCUT2D eigenvalue weighted by atomic mass is 9.85. The second-order valence-corrected chi connectivity index (χ2v) is 8.68. The summed E-state index contributed by atoms with van der Waals surface area (Å²) in [6.45, 7) is 1.10. The van der Waals surface area contributed by atoms with E-state index in [1.807, 2.05) is 19.2 Å². The van der Waals surface area contributed by atoms with Gasteiger partial charge in [0.05, 0.1) is 16.8 Å². The summed E-state index contributed by atoms with van der Waals surface area (Å²) in [4.78, 5) is 17.4. The molecule has 5 heteroatoms. The number of pyridine rings is 1. The van der Waals surface area contributed by atoms with Gasteiger partial charge in [0.2, 0.25) is 0 Å². The molecule has 0 radical (unpaired) electrons. The van der Waals surface area contributed by atoms with Crippen LogP contribution < -0.4 is 10.6 Å². The number of halogens is 1. The first-order valence-corrected chi connectivity index (χ1v) is 10.5. The zero-order valence-corrected chi connectivity index (χ0v) is 16.8. The minimum atomic E-state index is 0.202. The third-order valence-electron chi connectivity index (χ3n) is 5.73. The lowest BCUT2D eigenvalue weighted by Crippen LogP contribution is -2.30. The van der Waals surface area contributed by atoms with Crippen molar-refractivity contribution in [3.63, 3.8) is 0 Å². The Kier molecular flexibility index (Phi) is 5.28. The molecular formula is C21H26BrN3O. The Balaban J connectivity index is 1.64. The number of Topliss-reactive ketones (excluding diaryl/α,β-unsaturated/α-hetero) is 1. The van der Waals surface area contributed by atoms with Crippen molar-refractivity contribution in [1.82, 2.24) is 10.3 Å². The number of ketones is 1. The van der Waals surface area contributed by atoms with Gasteiger partial charge < -0.3 is 10.6 Å². The van der Waals surface area contributed by atoms with Gasteiger partial charge in [-0.15, -0.1) is 0 Å². The molecular weight excluding hydrogens is 390 g/mol. The normalized spacial score (nSPS) is 23.2. The summed E-state index contributed by atoms with van der Waals surface area (Å²) in [7, 11) is 2.03. The van der Waals surface area contributed by atoms with Crippen LogP contribution in [-0.2, 0) is 0 Å². The van der Waals surface area contributed by atoms with Crippen LogP contribution in [0.5, 0.6) is 0 Å². The fourth-order valence-electron chi connectivity index (χ4n) is 4.08. The number of nitrogens with zero attached hydrogens (tertiary/aromatic N) is 1. The maximum Gasteiger partial charge on any atom is 0.169 e. The molecule has 0 atom stereocenters. The van der Waals surface area contributed by atoms with Crippen molar-refractivity contribution in [3.8, 4) is 0 Å². The fraction of sp³-hybridized carbons (Fsp3) is 0.524. The number of nitrogens with one attached hydrogen (secondary N) is 2. The van der Waals surface area contributed by atoms with Gasteiger partial charge >= 0.3 is 0 Å². The van der Waals surface area contributed by atoms with E-state index in [0.717, 1.165) is 64.8 Å². The number of carbonyl (C=O) groups is 1. The Hall–Kier alpha value is -1.46. The minimum Gasteiger partial charge on any atom is -0.381 e. The Labute approximate surface area is 163 Å². The van der Waals surface area contributed by atoms with Crippen LogP contribution in [-0.4, -0.2) is 30.4 Å². The van der Waals surface area contributed by atoms with E-state index in [-0.39, 0.29) is 11.7 Å². The van der Waals surface area contributed by atoms with Gasteiger partial charge in [-0.05, 0) is 76.2 Å². The van der Waals surface area contributed by atoms with Crippen LogP contribution >= 0.6 is 15.9 Å². The molecule has 1 aromatic carbocycles. The SMILES string of the molecule is CNC[C@H]1CC[C@H](Nc2c(C(=O)C3CC3)cnc3ccc(Br)cc23)CC1. The molecule has 2 aromatic rings. The lowest BCUT2D eigenvalue weighted by molar-refractivity contribution is 0.0968. The van der Waals surface area contributed by atoms with E-state index in [4.69, 9.17) is 0 Å². The number of hydrogen-bond acceptors (Lipinski definition) is 4. The van der Waals surface area contributed by atoms with Crippen LogP contribution in [0.3, 0.4) is 0 Å². The molecule has 26 heavy (non-hydrogen) atoms. The number of carbonyl (C=O) groups excluding carboxylic acids is 1. The van der Waals surface area contributed by atoms with Crippen molar-refractivity contribution < 1.29 is 4.79 Å². The van der Waals surface area contributed by atoms with Gasteiger partial charge in [0, 0.05) is 28.0 Å². The zero-order chi connectivity index (χ0) is 18.1. The lowest BCUT2D eigenvalue weighted by Gasteiger charge is -2.30. The molecule has 0 bridgehead atoms. The summed E-state index contributed by atoms with van der Waals surface area (Å²) >= 11 is 3.57. The molecule has 2 N–H and O–H groups in total. The number of rotatable bonds is 6. The largest absolute Gasteiger partial charge is 0.381 e. The maximum absolute atomic E-state index is 12.8. The van der Waals surface area contributed by atoms with Crippen molar-refractivity contribution in [2.24, 2.45) is 11.8 Å². The van der Waals surface area contributed by atoms with Gasteiger partial charge in [0.25, 0.3) is 0 Å². The summed E-state index contributed by atoms with van der Waals surface area (Å²) in [5.41, 5.74) is 2.70. The molecule has 2 aliphatic carbocycles. The van der Waals surface area contributed by atoms with Crippen LogP contribution in [0.25, 0.3) is 10.9 Å². The number of aromatic nitrogens is 1. The van der Waals surface area contributed by atoms with Gasteiger partial charge in [0.1, 0.15) is 0 Å². The Bertz CT molecular complexity index is 810. The van der Waals surface area contributed by atoms with E-state index in [2.05, 4.69) is 37.6 Å². The molecule has 0 saturated heterocycles. The van der Waals surface area contributed by atoms with E-state index in [1.54, 1.807) is 6.20 Å². The Morgan fingerprint density at radius 2 is 1.96 bits per heavy atom. The average Bonchev–Trinajstić information content (AvgIpc) is 3.48. The molecule has 138 valence electrons. The minimum absolute atomic E-state index is 0.202. The number of anilines is 1. The molecule has 0 unspecified atom stereocenters. The van der Waals surface area contributed by atoms with E-state index in [0.29, 0.717) is 6.04 Å². The van der Waals surface area contributed by atoms with Crippen LogP contribution in [0.2, 0.25) is 0 Å². The van der Waals surface area contributed by atoms with Crippen molar-refractivity contribution in [2.45, 2.75) is 44.6 Å². The summed E-state index contributed by atoms with van der Waals surface area (Å²) in [5, 5.41) is 8.09. The predicted molar refractivity (Wildman–Crippen MR) is 110 cm³/mol. The smallest absolute Gasteiger partial charge is 0.169 e. The Morgan fingerprint density at radius 3 is 2.65 bits per heavy atom. The monoisotopic (exact) mass is 415 g/mol. The van der Waals surface area contributed by atoms with Gasteiger partial charge in [0.15, 0.2) is 5.78 Å². The molecule has 1 aromatic heterocycles. The van der Waals surface area contributed by atoms with Crippen molar-refractivity contribution >= 4 is 38.3 Å². The highest BCUT2D eigenvalue weighted by Gasteiger charge is 2.33. The molecule has 2 aliphatic rings. The summed E-state index contributed by atoms with van der Waals surface area (Å²) in [6.07, 6.45) is 8.59. The molecule has 0 amide bonds. The quantitative estimate of drug-likeness (QED) is 0.666. The molecule has 4 rings (SSSR count). The van der Waals surface area contributed by atoms with E-state index in [1.165, 1.54) is 12.8 Å². The van der Waals surface area contributed by atoms with Gasteiger partial charge in [-0.3, -0.25) is 9.78 Å². The molecule has 0 spiro atoms. The number of benzene rings is 1. The molecule has 2 saturated carbocycles. The molecule has 1 heterocycles. The summed E-state index contributed by atoms with van der Waals surface area (Å²) in [6, 6.07) is 6.53. The maximum atomic E-state index is 12.8. The Morgan fingerprint density at radius 1 is 1.19 bits per heavy atom. The van der Waals surface area contributed by atoms with E-state index in [9.17, 15) is 4.79 Å². The van der Waals surface area contributed by atoms with E-state index < -0.39 is 0 Å². The second kappa shape index (κ2) is 7.65. The van der Waals surface area contributed by atoms with Gasteiger partial charge in [-0.1, -0.05) is 15.9 Å². The summed E-state index contributed by atoms with van der Waals surface area (Å²) in [5.74, 6) is 1.23. The molecule has 4 nitrogen and oxygen atoms in total. The first-order valence-electron chi connectivity index (χ1n) is 9.69. The highest BCUT2D eigenvalue weighted by molar-refractivity contribution is 9.10. The second-order valence-electron chi connectivity index (χ2n) is 7.77. The standard InChI is InChI=1S/C21H26BrN3O/c1-23-11-13-2-7-16(8-3-13)25-20-17-10-15(22)6-9-19(17)24-12-18(20)21(26)14-4-5-14/h6,9-10,12-14,16,23H,2-5,7-8,11H2,1H3,(H,24,25)/t13-,16-. The highest BCUT2D eigenvalue weighted by atomic mass is 79.9. The van der Waals surface area contributed by atoms with Crippen LogP contribution in [0.1, 0.15) is 48.9 Å². The highest BCUT2D eigenvalue weighted by Crippen LogP contribution is 2.38. The molecule has 2 fully saturated rings. The third kappa shape index (κ3) is 3.79. The number of fused-ring (bicyclic) bond motifs is 1. The summed E-state index contributed by atoms with van der Waals surface area (Å²) < 4.78 is 1.02. The fourth-order valence-corrected chi connectivity index (χ4v) is 4.44.